The summed E-state index contributed by atoms with van der Waals surface area (Å²) in [5, 5.41) is 9.02. The number of aliphatic hydroxyl groups excluding tert-OH is 1. The standard InChI is InChI=1S/C13H15ClFNO3/c1-8-7-19-10(6-17)5-16(8)13(18)9-2-3-12(15)11(14)4-9/h2-4,8,10,17H,5-7H2,1H3/t8-,10+/m1/s1. The molecule has 2 atom stereocenters. The van der Waals surface area contributed by atoms with Crippen LogP contribution in [0, 0.1) is 5.82 Å². The number of hydrogen-bond donors (Lipinski definition) is 1. The van der Waals surface area contributed by atoms with Gasteiger partial charge in [0.2, 0.25) is 0 Å². The summed E-state index contributed by atoms with van der Waals surface area (Å²) in [7, 11) is 0. The van der Waals surface area contributed by atoms with E-state index in [2.05, 4.69) is 0 Å². The van der Waals surface area contributed by atoms with Crippen LogP contribution >= 0.6 is 11.6 Å². The second-order valence-corrected chi connectivity index (χ2v) is 4.98. The molecule has 1 fully saturated rings. The van der Waals surface area contributed by atoms with Gasteiger partial charge in [0.05, 0.1) is 30.4 Å². The van der Waals surface area contributed by atoms with Gasteiger partial charge in [-0.15, -0.1) is 0 Å². The van der Waals surface area contributed by atoms with E-state index in [4.69, 9.17) is 21.4 Å². The van der Waals surface area contributed by atoms with Crippen molar-refractivity contribution in [2.75, 3.05) is 19.8 Å². The summed E-state index contributed by atoms with van der Waals surface area (Å²) in [5.41, 5.74) is 0.330. The van der Waals surface area contributed by atoms with Gasteiger partial charge in [0.15, 0.2) is 0 Å². The van der Waals surface area contributed by atoms with Gasteiger partial charge in [-0.25, -0.2) is 4.39 Å². The third kappa shape index (κ3) is 3.05. The van der Waals surface area contributed by atoms with Gasteiger partial charge < -0.3 is 14.7 Å². The minimum Gasteiger partial charge on any atom is -0.394 e. The minimum absolute atomic E-state index is 0.0783. The van der Waals surface area contributed by atoms with Gasteiger partial charge in [-0.3, -0.25) is 4.79 Å². The number of halogens is 2. The first-order valence-electron chi connectivity index (χ1n) is 6.01. The van der Waals surface area contributed by atoms with Crippen LogP contribution in [0.2, 0.25) is 5.02 Å². The van der Waals surface area contributed by atoms with Crippen molar-refractivity contribution in [3.8, 4) is 0 Å². The van der Waals surface area contributed by atoms with Crippen LogP contribution < -0.4 is 0 Å². The van der Waals surface area contributed by atoms with Crippen LogP contribution in [-0.2, 0) is 4.74 Å². The van der Waals surface area contributed by atoms with Gasteiger partial charge in [0.25, 0.3) is 5.91 Å². The van der Waals surface area contributed by atoms with E-state index < -0.39 is 5.82 Å². The molecule has 1 saturated heterocycles. The molecule has 0 aliphatic carbocycles. The van der Waals surface area contributed by atoms with E-state index in [-0.39, 0.29) is 29.7 Å². The molecule has 104 valence electrons. The Balaban J connectivity index is 2.19. The number of morpholine rings is 1. The molecule has 4 nitrogen and oxygen atoms in total. The van der Waals surface area contributed by atoms with Crippen molar-refractivity contribution in [2.45, 2.75) is 19.1 Å². The quantitative estimate of drug-likeness (QED) is 0.901. The first-order chi connectivity index (χ1) is 9.02. The van der Waals surface area contributed by atoms with Gasteiger partial charge in [0, 0.05) is 12.1 Å². The first-order valence-corrected chi connectivity index (χ1v) is 6.39. The summed E-state index contributed by atoms with van der Waals surface area (Å²) in [6.07, 6.45) is -0.379. The first kappa shape index (κ1) is 14.2. The zero-order valence-corrected chi connectivity index (χ0v) is 11.2. The summed E-state index contributed by atoms with van der Waals surface area (Å²) < 4.78 is 18.5. The SMILES string of the molecule is C[C@@H]1CO[C@H](CO)CN1C(=O)c1ccc(F)c(Cl)c1. The van der Waals surface area contributed by atoms with E-state index in [9.17, 15) is 9.18 Å². The molecule has 19 heavy (non-hydrogen) atoms. The average Bonchev–Trinajstić information content (AvgIpc) is 2.41. The summed E-state index contributed by atoms with van der Waals surface area (Å²) in [4.78, 5) is 13.9. The van der Waals surface area contributed by atoms with Crippen LogP contribution in [-0.4, -0.2) is 47.8 Å². The van der Waals surface area contributed by atoms with Crippen LogP contribution in [0.4, 0.5) is 4.39 Å². The third-order valence-electron chi connectivity index (χ3n) is 3.14. The van der Waals surface area contributed by atoms with Crippen LogP contribution in [0.15, 0.2) is 18.2 Å². The Morgan fingerprint density at radius 2 is 2.37 bits per heavy atom. The molecule has 1 aromatic carbocycles. The monoisotopic (exact) mass is 287 g/mol. The van der Waals surface area contributed by atoms with Gasteiger partial charge in [-0.2, -0.15) is 0 Å². The Kier molecular flexibility index (Phi) is 4.39. The molecule has 6 heteroatoms. The highest BCUT2D eigenvalue weighted by atomic mass is 35.5. The van der Waals surface area contributed by atoms with Crippen LogP contribution in [0.3, 0.4) is 0 Å². The summed E-state index contributed by atoms with van der Waals surface area (Å²) in [5.74, 6) is -0.794. The van der Waals surface area contributed by atoms with Crippen molar-refractivity contribution in [2.24, 2.45) is 0 Å². The minimum atomic E-state index is -0.554. The number of carbonyl (C=O) groups is 1. The van der Waals surface area contributed by atoms with E-state index in [1.165, 1.54) is 18.2 Å². The van der Waals surface area contributed by atoms with E-state index in [1.54, 1.807) is 4.90 Å². The number of carbonyl (C=O) groups excluding carboxylic acids is 1. The van der Waals surface area contributed by atoms with E-state index in [1.807, 2.05) is 6.92 Å². The molecule has 0 bridgehead atoms. The van der Waals surface area contributed by atoms with Gasteiger partial charge >= 0.3 is 0 Å². The highest BCUT2D eigenvalue weighted by Crippen LogP contribution is 2.20. The topological polar surface area (TPSA) is 49.8 Å². The maximum atomic E-state index is 13.1. The van der Waals surface area contributed by atoms with Crippen LogP contribution in [0.25, 0.3) is 0 Å². The molecule has 1 aliphatic heterocycles. The smallest absolute Gasteiger partial charge is 0.254 e. The number of benzene rings is 1. The molecule has 0 saturated carbocycles. The third-order valence-corrected chi connectivity index (χ3v) is 3.43. The number of amides is 1. The lowest BCUT2D eigenvalue weighted by Crippen LogP contribution is -2.52. The van der Waals surface area contributed by atoms with Crippen LogP contribution in [0.1, 0.15) is 17.3 Å². The molecule has 0 aromatic heterocycles. The molecule has 0 radical (unpaired) electrons. The Bertz CT molecular complexity index is 483. The molecule has 0 unspecified atom stereocenters. The van der Waals surface area contributed by atoms with Gasteiger partial charge in [-0.1, -0.05) is 11.6 Å². The molecular formula is C13H15ClFNO3. The van der Waals surface area contributed by atoms with Crippen LogP contribution in [0.5, 0.6) is 0 Å². The number of ether oxygens (including phenoxy) is 1. The second kappa shape index (κ2) is 5.86. The fraction of sp³-hybridized carbons (Fsp3) is 0.462. The Labute approximate surface area is 115 Å². The predicted molar refractivity (Wildman–Crippen MR) is 68.7 cm³/mol. The fourth-order valence-electron chi connectivity index (χ4n) is 2.01. The lowest BCUT2D eigenvalue weighted by Gasteiger charge is -2.37. The van der Waals surface area contributed by atoms with Crippen molar-refractivity contribution in [1.29, 1.82) is 0 Å². The lowest BCUT2D eigenvalue weighted by atomic mass is 10.1. The Morgan fingerprint density at radius 3 is 3.00 bits per heavy atom. The second-order valence-electron chi connectivity index (χ2n) is 4.57. The zero-order valence-electron chi connectivity index (χ0n) is 10.5. The molecule has 1 aliphatic rings. The molecule has 2 rings (SSSR count). The summed E-state index contributed by atoms with van der Waals surface area (Å²) in [6.45, 7) is 2.40. The molecular weight excluding hydrogens is 273 g/mol. The molecule has 1 aromatic rings. The zero-order chi connectivity index (χ0) is 14.0. The maximum absolute atomic E-state index is 13.1. The molecule has 1 heterocycles. The van der Waals surface area contributed by atoms with Gasteiger partial charge in [-0.05, 0) is 25.1 Å². The predicted octanol–water partition coefficient (Wildman–Crippen LogP) is 1.70. The van der Waals surface area contributed by atoms with E-state index in [0.717, 1.165) is 0 Å². The van der Waals surface area contributed by atoms with Crippen molar-refractivity contribution in [3.63, 3.8) is 0 Å². The maximum Gasteiger partial charge on any atom is 0.254 e. The van der Waals surface area contributed by atoms with Crippen molar-refractivity contribution < 1.29 is 19.0 Å². The van der Waals surface area contributed by atoms with Gasteiger partial charge in [0.1, 0.15) is 5.82 Å². The highest BCUT2D eigenvalue weighted by molar-refractivity contribution is 6.31. The average molecular weight is 288 g/mol. The number of hydrogen-bond acceptors (Lipinski definition) is 3. The Morgan fingerprint density at radius 1 is 1.63 bits per heavy atom. The van der Waals surface area contributed by atoms with Crippen molar-refractivity contribution in [1.82, 2.24) is 4.90 Å². The van der Waals surface area contributed by atoms with Crippen molar-refractivity contribution in [3.05, 3.63) is 34.6 Å². The van der Waals surface area contributed by atoms with E-state index >= 15 is 0 Å². The van der Waals surface area contributed by atoms with E-state index in [0.29, 0.717) is 18.7 Å². The molecule has 0 spiro atoms. The lowest BCUT2D eigenvalue weighted by molar-refractivity contribution is -0.0667. The van der Waals surface area contributed by atoms with Crippen molar-refractivity contribution >= 4 is 17.5 Å². The number of aliphatic hydroxyl groups is 1. The molecule has 1 N–H and O–H groups in total. The Hall–Kier alpha value is -1.17. The summed E-state index contributed by atoms with van der Waals surface area (Å²) >= 11 is 5.68. The number of nitrogens with zero attached hydrogens (tertiary/aromatic N) is 1. The normalized spacial score (nSPS) is 23.5. The fourth-order valence-corrected chi connectivity index (χ4v) is 2.19. The number of rotatable bonds is 2. The highest BCUT2D eigenvalue weighted by Gasteiger charge is 2.30. The largest absolute Gasteiger partial charge is 0.394 e. The molecule has 1 amide bonds. The summed E-state index contributed by atoms with van der Waals surface area (Å²) in [6, 6.07) is 3.79.